The van der Waals surface area contributed by atoms with Crippen LogP contribution in [0.25, 0.3) is 0 Å². The minimum Gasteiger partial charge on any atom is -0.378 e. The molecule has 0 atom stereocenters. The van der Waals surface area contributed by atoms with E-state index in [1.165, 1.54) is 0 Å². The summed E-state index contributed by atoms with van der Waals surface area (Å²) < 4.78 is 5.19. The zero-order chi connectivity index (χ0) is 11.4. The lowest BCUT2D eigenvalue weighted by Crippen LogP contribution is -2.45. The molecule has 1 aromatic rings. The van der Waals surface area contributed by atoms with E-state index < -0.39 is 0 Å². The van der Waals surface area contributed by atoms with Gasteiger partial charge in [-0.05, 0) is 6.92 Å². The maximum atomic E-state index is 11.7. The summed E-state index contributed by atoms with van der Waals surface area (Å²) in [6.07, 6.45) is 0. The van der Waals surface area contributed by atoms with E-state index in [2.05, 4.69) is 10.3 Å². The molecule has 0 unspecified atom stereocenters. The van der Waals surface area contributed by atoms with Crippen LogP contribution in [-0.4, -0.2) is 42.2 Å². The summed E-state index contributed by atoms with van der Waals surface area (Å²) in [4.78, 5) is 18.8. The van der Waals surface area contributed by atoms with Crippen LogP contribution in [0, 0.1) is 6.92 Å². The largest absolute Gasteiger partial charge is 0.378 e. The number of carbonyl (C=O) groups is 1. The van der Waals surface area contributed by atoms with Crippen LogP contribution in [0.5, 0.6) is 0 Å². The van der Waals surface area contributed by atoms with Crippen LogP contribution < -0.4 is 5.32 Å². The number of ether oxygens (including phenoxy) is 1. The highest BCUT2D eigenvalue weighted by Crippen LogP contribution is 2.11. The van der Waals surface area contributed by atoms with E-state index in [1.807, 2.05) is 6.92 Å². The van der Waals surface area contributed by atoms with Crippen molar-refractivity contribution in [2.75, 3.05) is 26.3 Å². The highest BCUT2D eigenvalue weighted by atomic mass is 32.1. The van der Waals surface area contributed by atoms with Gasteiger partial charge in [0, 0.05) is 18.0 Å². The van der Waals surface area contributed by atoms with Gasteiger partial charge in [0.15, 0.2) is 0 Å². The van der Waals surface area contributed by atoms with Crippen molar-refractivity contribution in [3.8, 4) is 0 Å². The van der Waals surface area contributed by atoms with Gasteiger partial charge in [0.2, 0.25) is 0 Å². The molecule has 0 saturated carbocycles. The molecule has 1 fully saturated rings. The summed E-state index contributed by atoms with van der Waals surface area (Å²) in [6.45, 7) is 5.13. The molecule has 0 radical (unpaired) electrons. The Morgan fingerprint density at radius 3 is 3.00 bits per heavy atom. The van der Waals surface area contributed by atoms with Crippen molar-refractivity contribution in [3.05, 3.63) is 16.1 Å². The first-order valence-electron chi connectivity index (χ1n) is 5.27. The lowest BCUT2D eigenvalue weighted by molar-refractivity contribution is 0.0531. The molecule has 2 amide bonds. The lowest BCUT2D eigenvalue weighted by Gasteiger charge is -2.26. The highest BCUT2D eigenvalue weighted by Gasteiger charge is 2.16. The summed E-state index contributed by atoms with van der Waals surface area (Å²) in [6, 6.07) is -0.0175. The number of nitrogens with zero attached hydrogens (tertiary/aromatic N) is 2. The number of thiazole rings is 1. The number of aryl methyl sites for hydroxylation is 1. The van der Waals surface area contributed by atoms with Gasteiger partial charge in [0.05, 0.1) is 31.0 Å². The van der Waals surface area contributed by atoms with Crippen LogP contribution in [0.4, 0.5) is 4.79 Å². The summed E-state index contributed by atoms with van der Waals surface area (Å²) in [5.41, 5.74) is 2.79. The second-order valence-electron chi connectivity index (χ2n) is 3.62. The number of nitrogens with one attached hydrogen (secondary N) is 1. The molecule has 88 valence electrons. The number of hydrogen-bond donors (Lipinski definition) is 1. The summed E-state index contributed by atoms with van der Waals surface area (Å²) in [5.74, 6) is 0. The van der Waals surface area contributed by atoms with Crippen molar-refractivity contribution >= 4 is 17.4 Å². The van der Waals surface area contributed by atoms with Crippen LogP contribution >= 0.6 is 11.3 Å². The molecule has 0 bridgehead atoms. The average molecular weight is 241 g/mol. The van der Waals surface area contributed by atoms with Crippen molar-refractivity contribution in [1.82, 2.24) is 15.2 Å². The Hall–Kier alpha value is -1.14. The lowest BCUT2D eigenvalue weighted by atomic mass is 10.4. The van der Waals surface area contributed by atoms with E-state index in [0.29, 0.717) is 32.8 Å². The number of hydrogen-bond acceptors (Lipinski definition) is 4. The SMILES string of the molecule is Cc1ncsc1CNC(=O)N1CCOCC1. The van der Waals surface area contributed by atoms with Gasteiger partial charge in [-0.2, -0.15) is 0 Å². The predicted octanol–water partition coefficient (Wildman–Crippen LogP) is 0.993. The van der Waals surface area contributed by atoms with Crippen LogP contribution in [0.15, 0.2) is 5.51 Å². The number of carbonyl (C=O) groups excluding carboxylic acids is 1. The zero-order valence-corrected chi connectivity index (χ0v) is 10.0. The Labute approximate surface area is 98.4 Å². The fourth-order valence-electron chi connectivity index (χ4n) is 1.53. The van der Waals surface area contributed by atoms with Gasteiger partial charge in [-0.1, -0.05) is 0 Å². The third-order valence-electron chi connectivity index (χ3n) is 2.54. The molecule has 1 aromatic heterocycles. The Morgan fingerprint density at radius 2 is 2.38 bits per heavy atom. The molecule has 1 N–H and O–H groups in total. The smallest absolute Gasteiger partial charge is 0.317 e. The number of rotatable bonds is 2. The highest BCUT2D eigenvalue weighted by molar-refractivity contribution is 7.09. The van der Waals surface area contributed by atoms with E-state index in [4.69, 9.17) is 4.74 Å². The van der Waals surface area contributed by atoms with Crippen molar-refractivity contribution < 1.29 is 9.53 Å². The summed E-state index contributed by atoms with van der Waals surface area (Å²) in [7, 11) is 0. The number of aromatic nitrogens is 1. The topological polar surface area (TPSA) is 54.5 Å². The van der Waals surface area contributed by atoms with Crippen LogP contribution in [0.3, 0.4) is 0 Å². The third kappa shape index (κ3) is 2.70. The van der Waals surface area contributed by atoms with E-state index in [0.717, 1.165) is 10.6 Å². The van der Waals surface area contributed by atoms with Crippen molar-refractivity contribution in [2.45, 2.75) is 13.5 Å². The van der Waals surface area contributed by atoms with Gasteiger partial charge in [-0.3, -0.25) is 0 Å². The summed E-state index contributed by atoms with van der Waals surface area (Å²) >= 11 is 1.57. The zero-order valence-electron chi connectivity index (χ0n) is 9.23. The van der Waals surface area contributed by atoms with Gasteiger partial charge in [0.1, 0.15) is 0 Å². The molecule has 0 aliphatic carbocycles. The quantitative estimate of drug-likeness (QED) is 0.840. The van der Waals surface area contributed by atoms with Crippen molar-refractivity contribution in [1.29, 1.82) is 0 Å². The first-order valence-corrected chi connectivity index (χ1v) is 6.15. The monoisotopic (exact) mass is 241 g/mol. The van der Waals surface area contributed by atoms with E-state index in [1.54, 1.807) is 21.7 Å². The fourth-order valence-corrected chi connectivity index (χ4v) is 2.25. The Bertz CT molecular complexity index is 361. The molecule has 2 heterocycles. The van der Waals surface area contributed by atoms with Gasteiger partial charge < -0.3 is 15.0 Å². The summed E-state index contributed by atoms with van der Waals surface area (Å²) in [5, 5.41) is 2.90. The minimum absolute atomic E-state index is 0.0175. The molecule has 2 rings (SSSR count). The van der Waals surface area contributed by atoms with Gasteiger partial charge >= 0.3 is 6.03 Å². The first kappa shape index (κ1) is 11.3. The Kier molecular flexibility index (Phi) is 3.74. The average Bonchev–Trinajstić information content (AvgIpc) is 2.73. The Balaban J connectivity index is 1.81. The molecular formula is C10H15N3O2S. The molecule has 1 aliphatic heterocycles. The van der Waals surface area contributed by atoms with Gasteiger partial charge in [0.25, 0.3) is 0 Å². The first-order chi connectivity index (χ1) is 7.77. The standard InChI is InChI=1S/C10H15N3O2S/c1-8-9(16-7-12-8)6-11-10(14)13-2-4-15-5-3-13/h7H,2-6H2,1H3,(H,11,14). The molecule has 1 aliphatic rings. The number of morpholine rings is 1. The molecular weight excluding hydrogens is 226 g/mol. The fraction of sp³-hybridized carbons (Fsp3) is 0.600. The molecule has 0 aromatic carbocycles. The van der Waals surface area contributed by atoms with Crippen LogP contribution in [-0.2, 0) is 11.3 Å². The van der Waals surface area contributed by atoms with Crippen LogP contribution in [0.1, 0.15) is 10.6 Å². The van der Waals surface area contributed by atoms with E-state index in [9.17, 15) is 4.79 Å². The molecule has 0 spiro atoms. The molecule has 16 heavy (non-hydrogen) atoms. The molecule has 5 nitrogen and oxygen atoms in total. The maximum Gasteiger partial charge on any atom is 0.317 e. The second kappa shape index (κ2) is 5.27. The van der Waals surface area contributed by atoms with Crippen molar-refractivity contribution in [3.63, 3.8) is 0 Å². The number of urea groups is 1. The normalized spacial score (nSPS) is 16.2. The van der Waals surface area contributed by atoms with E-state index in [-0.39, 0.29) is 6.03 Å². The maximum absolute atomic E-state index is 11.7. The Morgan fingerprint density at radius 1 is 1.62 bits per heavy atom. The van der Waals surface area contributed by atoms with Gasteiger partial charge in [-0.15, -0.1) is 11.3 Å². The predicted molar refractivity (Wildman–Crippen MR) is 61.5 cm³/mol. The van der Waals surface area contributed by atoms with Gasteiger partial charge in [-0.25, -0.2) is 9.78 Å². The molecule has 1 saturated heterocycles. The van der Waals surface area contributed by atoms with Crippen molar-refractivity contribution in [2.24, 2.45) is 0 Å². The van der Waals surface area contributed by atoms with E-state index >= 15 is 0 Å². The minimum atomic E-state index is -0.0175. The second-order valence-corrected chi connectivity index (χ2v) is 4.56. The number of amides is 2. The van der Waals surface area contributed by atoms with Crippen LogP contribution in [0.2, 0.25) is 0 Å². The molecule has 6 heteroatoms. The third-order valence-corrected chi connectivity index (χ3v) is 3.48.